The van der Waals surface area contributed by atoms with Gasteiger partial charge in [-0.25, -0.2) is 24.1 Å². The molecule has 0 radical (unpaired) electrons. The number of hydrogen-bond acceptors (Lipinski definition) is 6. The van der Waals surface area contributed by atoms with Crippen LogP contribution in [0, 0.1) is 5.82 Å². The predicted molar refractivity (Wildman–Crippen MR) is 161 cm³/mol. The van der Waals surface area contributed by atoms with Crippen LogP contribution < -0.4 is 5.32 Å². The molecule has 11 heteroatoms. The first-order valence-corrected chi connectivity index (χ1v) is 15.0. The van der Waals surface area contributed by atoms with Gasteiger partial charge in [-0.05, 0) is 81.5 Å². The molecular weight excluding hydrogens is 571 g/mol. The maximum absolute atomic E-state index is 15.6. The zero-order chi connectivity index (χ0) is 29.8. The van der Waals surface area contributed by atoms with E-state index in [-0.39, 0.29) is 23.6 Å². The fourth-order valence-electron chi connectivity index (χ4n) is 6.04. The van der Waals surface area contributed by atoms with E-state index < -0.39 is 11.8 Å². The average Bonchev–Trinajstić information content (AvgIpc) is 3.66. The number of fused-ring (bicyclic) bond motifs is 3. The van der Waals surface area contributed by atoms with E-state index in [2.05, 4.69) is 20.9 Å². The zero-order valence-corrected chi connectivity index (χ0v) is 24.6. The van der Waals surface area contributed by atoms with E-state index in [1.165, 1.54) is 13.2 Å². The van der Waals surface area contributed by atoms with E-state index >= 15 is 4.39 Å². The Labute approximate surface area is 252 Å². The molecule has 5 aromatic rings. The van der Waals surface area contributed by atoms with Crippen LogP contribution in [0.5, 0.6) is 0 Å². The first-order valence-electron chi connectivity index (χ1n) is 14.6. The molecule has 1 aromatic carbocycles. The Morgan fingerprint density at radius 1 is 1.07 bits per heavy atom. The van der Waals surface area contributed by atoms with Crippen molar-refractivity contribution in [1.29, 1.82) is 0 Å². The summed E-state index contributed by atoms with van der Waals surface area (Å²) in [5.74, 6) is -0.676. The molecule has 43 heavy (non-hydrogen) atoms. The van der Waals surface area contributed by atoms with Gasteiger partial charge in [-0.15, -0.1) is 0 Å². The molecule has 7 rings (SSSR count). The number of carbonyl (C=O) groups is 2. The molecular formula is C32H30ClFN6O3. The second kappa shape index (κ2) is 10.8. The Balaban J connectivity index is 1.36. The molecule has 0 saturated heterocycles. The quantitative estimate of drug-likeness (QED) is 0.185. The summed E-state index contributed by atoms with van der Waals surface area (Å²) in [7, 11) is 1.28. The number of halogens is 2. The second-order valence-electron chi connectivity index (χ2n) is 11.3. The second-order valence-corrected chi connectivity index (χ2v) is 11.7. The van der Waals surface area contributed by atoms with Gasteiger partial charge in [0, 0.05) is 18.0 Å². The Morgan fingerprint density at radius 2 is 1.91 bits per heavy atom. The van der Waals surface area contributed by atoms with E-state index in [4.69, 9.17) is 26.3 Å². The van der Waals surface area contributed by atoms with Crippen LogP contribution >= 0.6 is 11.6 Å². The Hall–Kier alpha value is -4.31. The maximum Gasteiger partial charge on any atom is 0.338 e. The third kappa shape index (κ3) is 4.93. The normalized spacial score (nSPS) is 17.6. The van der Waals surface area contributed by atoms with Gasteiger partial charge in [0.15, 0.2) is 5.82 Å². The first-order chi connectivity index (χ1) is 20.8. The molecule has 220 valence electrons. The van der Waals surface area contributed by atoms with Crippen molar-refractivity contribution in [2.24, 2.45) is 0 Å². The van der Waals surface area contributed by atoms with Gasteiger partial charge in [-0.3, -0.25) is 4.79 Å². The van der Waals surface area contributed by atoms with Crippen molar-refractivity contribution in [2.45, 2.75) is 64.1 Å². The largest absolute Gasteiger partial charge is 0.465 e. The van der Waals surface area contributed by atoms with Crippen LogP contribution in [0.2, 0.25) is 5.15 Å². The number of nitrogens with zero attached hydrogens (tertiary/aromatic N) is 5. The fraction of sp³-hybridized carbons (Fsp3) is 0.344. The number of aryl methyl sites for hydroxylation is 2. The van der Waals surface area contributed by atoms with Crippen LogP contribution in [0.25, 0.3) is 33.6 Å². The Bertz CT molecular complexity index is 1930. The molecule has 4 aromatic heterocycles. The molecule has 1 fully saturated rings. The Morgan fingerprint density at radius 3 is 2.70 bits per heavy atom. The average molecular weight is 601 g/mol. The van der Waals surface area contributed by atoms with Crippen LogP contribution in [0.3, 0.4) is 0 Å². The molecule has 9 nitrogen and oxygen atoms in total. The number of carbonyl (C=O) groups excluding carboxylic acids is 2. The lowest BCUT2D eigenvalue weighted by Crippen LogP contribution is -2.28. The maximum atomic E-state index is 15.6. The van der Waals surface area contributed by atoms with Crippen molar-refractivity contribution in [3.8, 4) is 11.5 Å². The number of imidazole rings is 1. The van der Waals surface area contributed by atoms with Gasteiger partial charge >= 0.3 is 5.97 Å². The Kier molecular flexibility index (Phi) is 6.88. The topological polar surface area (TPSA) is 104 Å². The van der Waals surface area contributed by atoms with Crippen molar-refractivity contribution in [3.63, 3.8) is 0 Å². The highest BCUT2D eigenvalue weighted by Crippen LogP contribution is 2.43. The lowest BCUT2D eigenvalue weighted by molar-refractivity contribution is 0.0600. The van der Waals surface area contributed by atoms with Gasteiger partial charge in [-0.2, -0.15) is 0 Å². The van der Waals surface area contributed by atoms with Gasteiger partial charge < -0.3 is 19.2 Å². The molecule has 1 aliphatic carbocycles. The number of ether oxygens (including phenoxy) is 1. The van der Waals surface area contributed by atoms with Gasteiger partial charge in [0.1, 0.15) is 22.1 Å². The SMILES string of the molecule is COC(=O)c1cc(F)c2c(c1)nc(-c1cc3ccc4nc3n1CCCCCc1nc(Cl)ccc1C(=O)N[C@@H]4C)n2C1CC1. The lowest BCUT2D eigenvalue weighted by atomic mass is 10.1. The third-order valence-corrected chi connectivity index (χ3v) is 8.55. The summed E-state index contributed by atoms with van der Waals surface area (Å²) in [6, 6.07) is 11.9. The number of pyridine rings is 2. The summed E-state index contributed by atoms with van der Waals surface area (Å²) in [6.07, 6.45) is 5.06. The van der Waals surface area contributed by atoms with Crippen molar-refractivity contribution >= 4 is 45.5 Å². The van der Waals surface area contributed by atoms with Crippen LogP contribution in [-0.4, -0.2) is 43.1 Å². The molecule has 1 amide bonds. The van der Waals surface area contributed by atoms with E-state index in [1.54, 1.807) is 18.2 Å². The van der Waals surface area contributed by atoms with Crippen molar-refractivity contribution in [1.82, 2.24) is 29.4 Å². The summed E-state index contributed by atoms with van der Waals surface area (Å²) in [5.41, 5.74) is 4.48. The number of hydrogen-bond donors (Lipinski definition) is 1. The summed E-state index contributed by atoms with van der Waals surface area (Å²) >= 11 is 6.18. The van der Waals surface area contributed by atoms with Crippen LogP contribution in [0.1, 0.15) is 83.2 Å². The van der Waals surface area contributed by atoms with Gasteiger partial charge in [0.2, 0.25) is 0 Å². The highest BCUT2D eigenvalue weighted by Gasteiger charge is 2.32. The summed E-state index contributed by atoms with van der Waals surface area (Å²) < 4.78 is 24.5. The summed E-state index contributed by atoms with van der Waals surface area (Å²) in [5, 5.41) is 4.37. The number of benzene rings is 1. The van der Waals surface area contributed by atoms with E-state index in [9.17, 15) is 9.59 Å². The van der Waals surface area contributed by atoms with Crippen molar-refractivity contribution in [3.05, 3.63) is 75.9 Å². The van der Waals surface area contributed by atoms with Crippen LogP contribution in [0.4, 0.5) is 4.39 Å². The number of rotatable bonds is 3. The van der Waals surface area contributed by atoms with Gasteiger partial charge in [0.05, 0.1) is 46.9 Å². The van der Waals surface area contributed by atoms with Gasteiger partial charge in [0.25, 0.3) is 5.91 Å². The third-order valence-electron chi connectivity index (χ3n) is 8.34. The predicted octanol–water partition coefficient (Wildman–Crippen LogP) is 6.58. The molecule has 1 aliphatic heterocycles. The number of methoxy groups -OCH3 is 1. The van der Waals surface area contributed by atoms with Crippen molar-refractivity contribution in [2.75, 3.05) is 7.11 Å². The standard InChI is InChI=1S/C32H30ClFN6O3/c1-17-23-11-7-18-16-26(30-38-25-15-19(32(42)43-2)14-22(34)28(25)40(30)20-8-9-20)39(29(18)37-23)13-5-3-4-6-24-21(31(41)35-17)10-12-27(33)36-24/h7,10-12,14-17,20H,3-6,8-9,13H2,1-2H3,(H,35,41)/t17-/m1/s1. The first kappa shape index (κ1) is 27.5. The van der Waals surface area contributed by atoms with Crippen LogP contribution in [-0.2, 0) is 17.7 Å². The van der Waals surface area contributed by atoms with Crippen LogP contribution in [0.15, 0.2) is 42.5 Å². The molecule has 2 aliphatic rings. The molecule has 0 unspecified atom stereocenters. The molecule has 1 atom stereocenters. The molecule has 0 spiro atoms. The zero-order valence-electron chi connectivity index (χ0n) is 23.9. The molecule has 1 saturated carbocycles. The number of amides is 1. The molecule has 5 heterocycles. The monoisotopic (exact) mass is 600 g/mol. The molecule has 2 bridgehead atoms. The minimum atomic E-state index is -0.608. The minimum Gasteiger partial charge on any atom is -0.465 e. The number of nitrogens with one attached hydrogen (secondary N) is 1. The van der Waals surface area contributed by atoms with E-state index in [0.717, 1.165) is 54.5 Å². The number of esters is 1. The van der Waals surface area contributed by atoms with Gasteiger partial charge in [-0.1, -0.05) is 18.0 Å². The van der Waals surface area contributed by atoms with E-state index in [0.29, 0.717) is 46.2 Å². The summed E-state index contributed by atoms with van der Waals surface area (Å²) in [6.45, 7) is 2.58. The smallest absolute Gasteiger partial charge is 0.338 e. The number of aromatic nitrogens is 5. The highest BCUT2D eigenvalue weighted by molar-refractivity contribution is 6.29. The highest BCUT2D eigenvalue weighted by atomic mass is 35.5. The molecule has 1 N–H and O–H groups in total. The van der Waals surface area contributed by atoms with E-state index in [1.807, 2.05) is 23.6 Å². The minimum absolute atomic E-state index is 0.126. The lowest BCUT2D eigenvalue weighted by Gasteiger charge is -2.17. The van der Waals surface area contributed by atoms with Crippen molar-refractivity contribution < 1.29 is 18.7 Å². The fourth-order valence-corrected chi connectivity index (χ4v) is 6.21. The summed E-state index contributed by atoms with van der Waals surface area (Å²) in [4.78, 5) is 39.9.